The minimum atomic E-state index is -0.355. The van der Waals surface area contributed by atoms with Crippen LogP contribution in [0.2, 0.25) is 0 Å². The average Bonchev–Trinajstić information content (AvgIpc) is 3.16. The second-order valence-corrected chi connectivity index (χ2v) is 8.45. The lowest BCUT2D eigenvalue weighted by Crippen LogP contribution is -2.55. The van der Waals surface area contributed by atoms with Crippen molar-refractivity contribution < 1.29 is 9.18 Å². The van der Waals surface area contributed by atoms with Gasteiger partial charge in [0, 0.05) is 30.7 Å². The number of aromatic amines is 1. The number of benzene rings is 2. The summed E-state index contributed by atoms with van der Waals surface area (Å²) in [4.78, 5) is 22.7. The maximum Gasteiger partial charge on any atom is 0.290 e. The summed E-state index contributed by atoms with van der Waals surface area (Å²) in [6.07, 6.45) is 4.04. The fourth-order valence-corrected chi connectivity index (χ4v) is 4.72. The molecule has 1 amide bonds. The standard InChI is InChI=1S/C24H29FN4O/c1-3-29(23(30)22-27-20-12-11-18(25)14-21(20)28-22)24(2)13-7-10-19(15-24)26-16-17-8-5-4-6-9-17/h4-6,8-9,11-12,14,19,26H,3,7,10,13,15-16H2,1-2H3,(H,27,28)/t19-,24+/m1/s1. The summed E-state index contributed by atoms with van der Waals surface area (Å²) in [7, 11) is 0. The molecule has 0 spiro atoms. The van der Waals surface area contributed by atoms with E-state index < -0.39 is 0 Å². The second kappa shape index (κ2) is 8.56. The van der Waals surface area contributed by atoms with Crippen molar-refractivity contribution in [2.75, 3.05) is 6.54 Å². The largest absolute Gasteiger partial charge is 0.334 e. The van der Waals surface area contributed by atoms with Crippen LogP contribution in [-0.4, -0.2) is 38.9 Å². The molecular formula is C24H29FN4O. The molecular weight excluding hydrogens is 379 g/mol. The monoisotopic (exact) mass is 408 g/mol. The van der Waals surface area contributed by atoms with Crippen LogP contribution in [-0.2, 0) is 6.54 Å². The molecule has 1 aliphatic rings. The summed E-state index contributed by atoms with van der Waals surface area (Å²) in [5, 5.41) is 3.68. The van der Waals surface area contributed by atoms with Gasteiger partial charge in [0.25, 0.3) is 5.91 Å². The highest BCUT2D eigenvalue weighted by atomic mass is 19.1. The van der Waals surface area contributed by atoms with Gasteiger partial charge in [-0.25, -0.2) is 9.37 Å². The Balaban J connectivity index is 1.49. The first-order valence-corrected chi connectivity index (χ1v) is 10.7. The number of hydrogen-bond donors (Lipinski definition) is 2. The molecule has 1 saturated carbocycles. The summed E-state index contributed by atoms with van der Waals surface area (Å²) in [5.74, 6) is -0.203. The Morgan fingerprint density at radius 3 is 2.87 bits per heavy atom. The molecule has 1 heterocycles. The van der Waals surface area contributed by atoms with Crippen molar-refractivity contribution in [3.8, 4) is 0 Å². The van der Waals surface area contributed by atoms with E-state index in [0.717, 1.165) is 32.2 Å². The Bertz CT molecular complexity index is 1020. The van der Waals surface area contributed by atoms with Gasteiger partial charge in [0.2, 0.25) is 0 Å². The molecule has 1 aliphatic carbocycles. The summed E-state index contributed by atoms with van der Waals surface area (Å²) >= 11 is 0. The molecule has 0 bridgehead atoms. The number of hydrogen-bond acceptors (Lipinski definition) is 3. The van der Waals surface area contributed by atoms with E-state index in [2.05, 4.69) is 46.5 Å². The number of halogens is 1. The van der Waals surface area contributed by atoms with Gasteiger partial charge in [0.15, 0.2) is 5.82 Å². The van der Waals surface area contributed by atoms with Gasteiger partial charge in [-0.3, -0.25) is 4.79 Å². The number of imidazole rings is 1. The third kappa shape index (κ3) is 4.24. The molecule has 6 heteroatoms. The number of nitrogens with zero attached hydrogens (tertiary/aromatic N) is 2. The first-order chi connectivity index (χ1) is 14.5. The molecule has 158 valence electrons. The molecule has 1 fully saturated rings. The van der Waals surface area contributed by atoms with E-state index in [1.807, 2.05) is 17.9 Å². The van der Waals surface area contributed by atoms with Crippen LogP contribution in [0.4, 0.5) is 4.39 Å². The number of carbonyl (C=O) groups is 1. The van der Waals surface area contributed by atoms with Gasteiger partial charge in [-0.05, 0) is 57.2 Å². The van der Waals surface area contributed by atoms with Gasteiger partial charge in [-0.2, -0.15) is 0 Å². The van der Waals surface area contributed by atoms with Gasteiger partial charge < -0.3 is 15.2 Å². The fourth-order valence-electron chi connectivity index (χ4n) is 4.72. The number of H-pyrrole nitrogens is 1. The van der Waals surface area contributed by atoms with Crippen molar-refractivity contribution in [2.45, 2.75) is 57.7 Å². The molecule has 2 aromatic carbocycles. The van der Waals surface area contributed by atoms with Gasteiger partial charge in [-0.1, -0.05) is 30.3 Å². The van der Waals surface area contributed by atoms with E-state index in [1.165, 1.54) is 17.7 Å². The predicted molar refractivity (Wildman–Crippen MR) is 117 cm³/mol. The third-order valence-corrected chi connectivity index (χ3v) is 6.25. The Kier molecular flexibility index (Phi) is 5.86. The van der Waals surface area contributed by atoms with E-state index in [9.17, 15) is 9.18 Å². The normalized spacial score (nSPS) is 21.6. The smallest absolute Gasteiger partial charge is 0.290 e. The predicted octanol–water partition coefficient (Wildman–Crippen LogP) is 4.66. The summed E-state index contributed by atoms with van der Waals surface area (Å²) < 4.78 is 13.5. The highest BCUT2D eigenvalue weighted by Crippen LogP contribution is 2.34. The first-order valence-electron chi connectivity index (χ1n) is 10.7. The van der Waals surface area contributed by atoms with E-state index in [1.54, 1.807) is 6.07 Å². The van der Waals surface area contributed by atoms with Crippen LogP contribution in [0.25, 0.3) is 11.0 Å². The van der Waals surface area contributed by atoms with Crippen molar-refractivity contribution in [3.63, 3.8) is 0 Å². The van der Waals surface area contributed by atoms with Crippen LogP contribution in [0.1, 0.15) is 55.7 Å². The minimum Gasteiger partial charge on any atom is -0.334 e. The van der Waals surface area contributed by atoms with Gasteiger partial charge in [0.05, 0.1) is 11.0 Å². The molecule has 30 heavy (non-hydrogen) atoms. The maximum absolute atomic E-state index is 13.5. The molecule has 0 unspecified atom stereocenters. The zero-order valence-electron chi connectivity index (χ0n) is 17.6. The minimum absolute atomic E-state index is 0.125. The van der Waals surface area contributed by atoms with Gasteiger partial charge in [0.1, 0.15) is 5.82 Å². The number of fused-ring (bicyclic) bond motifs is 1. The van der Waals surface area contributed by atoms with Crippen molar-refractivity contribution in [1.29, 1.82) is 0 Å². The molecule has 4 rings (SSSR count). The van der Waals surface area contributed by atoms with Crippen LogP contribution >= 0.6 is 0 Å². The van der Waals surface area contributed by atoms with Crippen LogP contribution < -0.4 is 5.32 Å². The molecule has 3 aromatic rings. The van der Waals surface area contributed by atoms with Crippen molar-refractivity contribution >= 4 is 16.9 Å². The van der Waals surface area contributed by atoms with Crippen LogP contribution in [0.5, 0.6) is 0 Å². The average molecular weight is 409 g/mol. The number of carbonyl (C=O) groups excluding carboxylic acids is 1. The number of nitrogens with one attached hydrogen (secondary N) is 2. The molecule has 2 atom stereocenters. The second-order valence-electron chi connectivity index (χ2n) is 8.45. The lowest BCUT2D eigenvalue weighted by molar-refractivity contribution is 0.0359. The zero-order chi connectivity index (χ0) is 21.1. The Morgan fingerprint density at radius 1 is 1.30 bits per heavy atom. The van der Waals surface area contributed by atoms with E-state index in [-0.39, 0.29) is 23.1 Å². The van der Waals surface area contributed by atoms with E-state index in [0.29, 0.717) is 23.6 Å². The SMILES string of the molecule is CCN(C(=O)c1nc2cc(F)ccc2[nH]1)[C@@]1(C)CCC[C@@H](NCc2ccccc2)C1. The quantitative estimate of drug-likeness (QED) is 0.624. The van der Waals surface area contributed by atoms with E-state index >= 15 is 0 Å². The lowest BCUT2D eigenvalue weighted by Gasteiger charge is -2.46. The van der Waals surface area contributed by atoms with Crippen LogP contribution in [0.3, 0.4) is 0 Å². The first kappa shape index (κ1) is 20.5. The van der Waals surface area contributed by atoms with Crippen LogP contribution in [0, 0.1) is 5.82 Å². The molecule has 1 aromatic heterocycles. The molecule has 2 N–H and O–H groups in total. The van der Waals surface area contributed by atoms with Crippen molar-refractivity contribution in [2.24, 2.45) is 0 Å². The van der Waals surface area contributed by atoms with Gasteiger partial charge in [-0.15, -0.1) is 0 Å². The van der Waals surface area contributed by atoms with Gasteiger partial charge >= 0.3 is 0 Å². The maximum atomic E-state index is 13.5. The molecule has 5 nitrogen and oxygen atoms in total. The summed E-state index contributed by atoms with van der Waals surface area (Å²) in [6, 6.07) is 15.1. The van der Waals surface area contributed by atoms with Crippen molar-refractivity contribution in [1.82, 2.24) is 20.2 Å². The topological polar surface area (TPSA) is 61.0 Å². The van der Waals surface area contributed by atoms with Crippen LogP contribution in [0.15, 0.2) is 48.5 Å². The molecule has 0 aliphatic heterocycles. The number of amides is 1. The van der Waals surface area contributed by atoms with Crippen molar-refractivity contribution in [3.05, 3.63) is 65.7 Å². The Hall–Kier alpha value is -2.73. The molecule has 0 radical (unpaired) electrons. The lowest BCUT2D eigenvalue weighted by atomic mass is 9.78. The summed E-state index contributed by atoms with van der Waals surface area (Å²) in [6.45, 7) is 5.61. The highest BCUT2D eigenvalue weighted by molar-refractivity contribution is 5.94. The Labute approximate surface area is 176 Å². The third-order valence-electron chi connectivity index (χ3n) is 6.25. The fraction of sp³-hybridized carbons (Fsp3) is 0.417. The Morgan fingerprint density at radius 2 is 2.10 bits per heavy atom. The number of aromatic nitrogens is 2. The number of rotatable bonds is 6. The van der Waals surface area contributed by atoms with E-state index in [4.69, 9.17) is 0 Å². The summed E-state index contributed by atoms with van der Waals surface area (Å²) in [5.41, 5.74) is 2.17. The molecule has 0 saturated heterocycles. The highest BCUT2D eigenvalue weighted by Gasteiger charge is 2.40. The zero-order valence-corrected chi connectivity index (χ0v) is 17.6.